The standard InChI is InChI=1S/C19H26ClN5.HI/c1-4-25(5-2)18-10-9-16(13-22-18)14-24-19(21-3)23-12-15-7-6-8-17(20)11-15;/h6-11,13H,4-5,12,14H2,1-3H3,(H2,21,23,24);1H. The molecule has 26 heavy (non-hydrogen) atoms. The van der Waals surface area contributed by atoms with E-state index in [9.17, 15) is 0 Å². The van der Waals surface area contributed by atoms with E-state index in [1.165, 1.54) is 0 Å². The van der Waals surface area contributed by atoms with Gasteiger partial charge in [-0.3, -0.25) is 4.99 Å². The smallest absolute Gasteiger partial charge is 0.191 e. The van der Waals surface area contributed by atoms with Crippen LogP contribution in [-0.2, 0) is 13.1 Å². The van der Waals surface area contributed by atoms with Crippen LogP contribution < -0.4 is 15.5 Å². The molecule has 0 spiro atoms. The quantitative estimate of drug-likeness (QED) is 0.351. The molecule has 7 heteroatoms. The van der Waals surface area contributed by atoms with Crippen LogP contribution in [0.5, 0.6) is 0 Å². The molecule has 1 heterocycles. The molecule has 1 aromatic carbocycles. The number of nitrogens with one attached hydrogen (secondary N) is 2. The number of aliphatic imine (C=N–C) groups is 1. The Morgan fingerprint density at radius 3 is 2.31 bits per heavy atom. The van der Waals surface area contributed by atoms with Gasteiger partial charge in [0.1, 0.15) is 5.82 Å². The molecule has 2 rings (SSSR count). The lowest BCUT2D eigenvalue weighted by molar-refractivity contribution is 0.803. The SMILES string of the molecule is CCN(CC)c1ccc(CNC(=NC)NCc2cccc(Cl)c2)cn1.I. The van der Waals surface area contributed by atoms with Gasteiger partial charge in [-0.2, -0.15) is 0 Å². The molecule has 0 aliphatic heterocycles. The molecule has 0 bridgehead atoms. The van der Waals surface area contributed by atoms with Crippen LogP contribution >= 0.6 is 35.6 Å². The zero-order valence-electron chi connectivity index (χ0n) is 15.5. The van der Waals surface area contributed by atoms with Crippen LogP contribution in [0.2, 0.25) is 5.02 Å². The predicted molar refractivity (Wildman–Crippen MR) is 122 cm³/mol. The highest BCUT2D eigenvalue weighted by Gasteiger charge is 2.04. The average Bonchev–Trinajstić information content (AvgIpc) is 2.64. The molecule has 0 aliphatic rings. The molecule has 1 aromatic heterocycles. The monoisotopic (exact) mass is 487 g/mol. The Labute approximate surface area is 178 Å². The van der Waals surface area contributed by atoms with E-state index >= 15 is 0 Å². The topological polar surface area (TPSA) is 52.5 Å². The zero-order valence-corrected chi connectivity index (χ0v) is 18.6. The van der Waals surface area contributed by atoms with Gasteiger partial charge in [-0.15, -0.1) is 24.0 Å². The Balaban J connectivity index is 0.00000338. The fraction of sp³-hybridized carbons (Fsp3) is 0.368. The van der Waals surface area contributed by atoms with E-state index in [4.69, 9.17) is 11.6 Å². The van der Waals surface area contributed by atoms with Crippen molar-refractivity contribution in [2.75, 3.05) is 25.0 Å². The number of benzene rings is 1. The first-order valence-electron chi connectivity index (χ1n) is 8.55. The molecular weight excluding hydrogens is 461 g/mol. The highest BCUT2D eigenvalue weighted by Crippen LogP contribution is 2.11. The number of nitrogens with zero attached hydrogens (tertiary/aromatic N) is 3. The van der Waals surface area contributed by atoms with Crippen molar-refractivity contribution in [2.45, 2.75) is 26.9 Å². The van der Waals surface area contributed by atoms with Crippen LogP contribution in [0.3, 0.4) is 0 Å². The number of rotatable bonds is 7. The second-order valence-corrected chi connectivity index (χ2v) is 6.04. The lowest BCUT2D eigenvalue weighted by atomic mass is 10.2. The second-order valence-electron chi connectivity index (χ2n) is 5.61. The van der Waals surface area contributed by atoms with Crippen LogP contribution in [0, 0.1) is 0 Å². The van der Waals surface area contributed by atoms with Crippen LogP contribution in [-0.4, -0.2) is 31.1 Å². The van der Waals surface area contributed by atoms with Gasteiger partial charge in [0.25, 0.3) is 0 Å². The number of hydrogen-bond acceptors (Lipinski definition) is 3. The summed E-state index contributed by atoms with van der Waals surface area (Å²) < 4.78 is 0. The number of halogens is 2. The molecule has 0 fully saturated rings. The molecule has 2 N–H and O–H groups in total. The lowest BCUT2D eigenvalue weighted by Crippen LogP contribution is -2.36. The molecule has 0 amide bonds. The Hall–Kier alpha value is -1.54. The van der Waals surface area contributed by atoms with Crippen molar-refractivity contribution < 1.29 is 0 Å². The third-order valence-electron chi connectivity index (χ3n) is 3.93. The second kappa shape index (κ2) is 12.0. The summed E-state index contributed by atoms with van der Waals surface area (Å²) >= 11 is 6.01. The van der Waals surface area contributed by atoms with Gasteiger partial charge in [0.05, 0.1) is 0 Å². The minimum Gasteiger partial charge on any atom is -0.357 e. The summed E-state index contributed by atoms with van der Waals surface area (Å²) in [6.45, 7) is 7.52. The van der Waals surface area contributed by atoms with E-state index in [0.29, 0.717) is 13.1 Å². The van der Waals surface area contributed by atoms with Gasteiger partial charge in [0.15, 0.2) is 5.96 Å². The van der Waals surface area contributed by atoms with Crippen molar-refractivity contribution in [3.05, 3.63) is 58.7 Å². The van der Waals surface area contributed by atoms with Gasteiger partial charge in [0.2, 0.25) is 0 Å². The third-order valence-corrected chi connectivity index (χ3v) is 4.16. The van der Waals surface area contributed by atoms with E-state index in [1.807, 2.05) is 30.5 Å². The Kier molecular flexibility index (Phi) is 10.3. The summed E-state index contributed by atoms with van der Waals surface area (Å²) in [7, 11) is 1.76. The summed E-state index contributed by atoms with van der Waals surface area (Å²) in [5, 5.41) is 7.32. The number of aromatic nitrogens is 1. The molecule has 0 aliphatic carbocycles. The molecule has 2 aromatic rings. The summed E-state index contributed by atoms with van der Waals surface area (Å²) in [6, 6.07) is 11.9. The molecule has 142 valence electrons. The maximum Gasteiger partial charge on any atom is 0.191 e. The maximum atomic E-state index is 6.01. The van der Waals surface area contributed by atoms with Gasteiger partial charge >= 0.3 is 0 Å². The molecule has 0 radical (unpaired) electrons. The highest BCUT2D eigenvalue weighted by atomic mass is 127. The molecule has 5 nitrogen and oxygen atoms in total. The van der Waals surface area contributed by atoms with Crippen molar-refractivity contribution in [2.24, 2.45) is 4.99 Å². The average molecular weight is 488 g/mol. The normalized spacial score (nSPS) is 10.8. The first-order valence-corrected chi connectivity index (χ1v) is 8.92. The zero-order chi connectivity index (χ0) is 18.1. The largest absolute Gasteiger partial charge is 0.357 e. The van der Waals surface area contributed by atoms with Crippen LogP contribution in [0.4, 0.5) is 5.82 Å². The molecule has 0 saturated carbocycles. The number of hydrogen-bond donors (Lipinski definition) is 2. The molecule has 0 saturated heterocycles. The highest BCUT2D eigenvalue weighted by molar-refractivity contribution is 14.0. The van der Waals surface area contributed by atoms with Crippen LogP contribution in [0.15, 0.2) is 47.6 Å². The Morgan fingerprint density at radius 1 is 1.08 bits per heavy atom. The third kappa shape index (κ3) is 6.99. The van der Waals surface area contributed by atoms with E-state index in [2.05, 4.69) is 51.5 Å². The van der Waals surface area contributed by atoms with Crippen molar-refractivity contribution in [3.8, 4) is 0 Å². The molecular formula is C19H27ClIN5. The first-order chi connectivity index (χ1) is 12.2. The van der Waals surface area contributed by atoms with E-state index < -0.39 is 0 Å². The van der Waals surface area contributed by atoms with Crippen molar-refractivity contribution in [3.63, 3.8) is 0 Å². The lowest BCUT2D eigenvalue weighted by Gasteiger charge is -2.19. The van der Waals surface area contributed by atoms with E-state index in [1.54, 1.807) is 7.05 Å². The Bertz CT molecular complexity index is 687. The summed E-state index contributed by atoms with van der Waals surface area (Å²) in [5.41, 5.74) is 2.22. The summed E-state index contributed by atoms with van der Waals surface area (Å²) in [5.74, 6) is 1.75. The van der Waals surface area contributed by atoms with Crippen molar-refractivity contribution in [1.29, 1.82) is 0 Å². The van der Waals surface area contributed by atoms with Gasteiger partial charge in [0, 0.05) is 44.4 Å². The molecule has 0 atom stereocenters. The Morgan fingerprint density at radius 2 is 1.77 bits per heavy atom. The fourth-order valence-electron chi connectivity index (χ4n) is 2.50. The number of guanidine groups is 1. The van der Waals surface area contributed by atoms with Gasteiger partial charge in [-0.05, 0) is 43.2 Å². The minimum atomic E-state index is 0. The number of anilines is 1. The van der Waals surface area contributed by atoms with E-state index in [0.717, 1.165) is 41.0 Å². The summed E-state index contributed by atoms with van der Waals surface area (Å²) in [4.78, 5) is 11.0. The van der Waals surface area contributed by atoms with Gasteiger partial charge < -0.3 is 15.5 Å². The van der Waals surface area contributed by atoms with Gasteiger partial charge in [-0.25, -0.2) is 4.98 Å². The van der Waals surface area contributed by atoms with Crippen LogP contribution in [0.25, 0.3) is 0 Å². The van der Waals surface area contributed by atoms with Gasteiger partial charge in [-0.1, -0.05) is 29.8 Å². The fourth-order valence-corrected chi connectivity index (χ4v) is 2.71. The van der Waals surface area contributed by atoms with Crippen molar-refractivity contribution >= 4 is 47.4 Å². The first kappa shape index (κ1) is 22.5. The predicted octanol–water partition coefficient (Wildman–Crippen LogP) is 4.06. The molecule has 0 unspecified atom stereocenters. The number of pyridine rings is 1. The maximum absolute atomic E-state index is 6.01. The van der Waals surface area contributed by atoms with E-state index in [-0.39, 0.29) is 24.0 Å². The minimum absolute atomic E-state index is 0. The van der Waals surface area contributed by atoms with Crippen LogP contribution in [0.1, 0.15) is 25.0 Å². The summed E-state index contributed by atoms with van der Waals surface area (Å²) in [6.07, 6.45) is 1.91. The van der Waals surface area contributed by atoms with Crippen molar-refractivity contribution in [1.82, 2.24) is 15.6 Å².